The third-order valence-corrected chi connectivity index (χ3v) is 5.15. The number of hydrogen-bond acceptors (Lipinski definition) is 4. The van der Waals surface area contributed by atoms with Gasteiger partial charge >= 0.3 is 0 Å². The number of carbonyl (C=O) groups excluding carboxylic acids is 2. The Morgan fingerprint density at radius 1 is 0.931 bits per heavy atom. The lowest BCUT2D eigenvalue weighted by atomic mass is 10.1. The van der Waals surface area contributed by atoms with Crippen LogP contribution in [0.5, 0.6) is 0 Å². The van der Waals surface area contributed by atoms with Crippen molar-refractivity contribution >= 4 is 29.3 Å². The molecule has 0 saturated carbocycles. The zero-order valence-corrected chi connectivity index (χ0v) is 16.5. The average Bonchev–Trinajstić information content (AvgIpc) is 2.74. The lowest BCUT2D eigenvalue weighted by Gasteiger charge is -2.11. The van der Waals surface area contributed by atoms with Gasteiger partial charge in [-0.1, -0.05) is 42.5 Å². The van der Waals surface area contributed by atoms with Gasteiger partial charge in [-0.15, -0.1) is 0 Å². The van der Waals surface area contributed by atoms with E-state index in [1.54, 1.807) is 42.5 Å². The maximum atomic E-state index is 12.5. The Kier molecular flexibility index (Phi) is 7.24. The molecule has 148 valence electrons. The Morgan fingerprint density at radius 3 is 2.45 bits per heavy atom. The van der Waals surface area contributed by atoms with Gasteiger partial charge in [-0.25, -0.2) is 0 Å². The number of benzene rings is 2. The van der Waals surface area contributed by atoms with Gasteiger partial charge in [0.2, 0.25) is 5.91 Å². The number of para-hydroxylation sites is 1. The second-order valence-electron chi connectivity index (χ2n) is 6.24. The molecule has 0 bridgehead atoms. The summed E-state index contributed by atoms with van der Waals surface area (Å²) in [4.78, 5) is 24.8. The van der Waals surface area contributed by atoms with Crippen molar-refractivity contribution in [1.29, 1.82) is 0 Å². The van der Waals surface area contributed by atoms with Gasteiger partial charge in [-0.05, 0) is 41.9 Å². The monoisotopic (exact) mass is 407 g/mol. The van der Waals surface area contributed by atoms with Crippen molar-refractivity contribution in [3.8, 4) is 0 Å². The molecule has 2 amide bonds. The minimum absolute atomic E-state index is 0.0657. The van der Waals surface area contributed by atoms with Crippen LogP contribution in [-0.2, 0) is 11.2 Å². The molecule has 0 atom stereocenters. The fraction of sp³-hybridized carbons (Fsp3) is 0.136. The second kappa shape index (κ2) is 10.3. The van der Waals surface area contributed by atoms with Crippen LogP contribution in [0.15, 0.2) is 84.0 Å². The number of rotatable bonds is 8. The van der Waals surface area contributed by atoms with Crippen molar-refractivity contribution in [2.75, 3.05) is 17.6 Å². The summed E-state index contributed by atoms with van der Waals surface area (Å²) in [5.74, 6) is -0.468. The quantitative estimate of drug-likeness (QED) is 0.341. The summed E-state index contributed by atoms with van der Waals surface area (Å²) >= 11 is 1.14. The first kappa shape index (κ1) is 20.4. The maximum Gasteiger partial charge on any atom is 0.253 e. The van der Waals surface area contributed by atoms with Crippen LogP contribution in [0.25, 0.3) is 0 Å². The highest BCUT2D eigenvalue weighted by Gasteiger charge is 2.14. The fourth-order valence-electron chi connectivity index (χ4n) is 2.70. The summed E-state index contributed by atoms with van der Waals surface area (Å²) in [5, 5.41) is 17.7. The molecule has 1 aromatic heterocycles. The van der Waals surface area contributed by atoms with Gasteiger partial charge in [0, 0.05) is 18.7 Å². The van der Waals surface area contributed by atoms with Crippen molar-refractivity contribution in [1.82, 2.24) is 5.32 Å². The highest BCUT2D eigenvalue weighted by molar-refractivity contribution is 7.99. The molecule has 0 radical (unpaired) electrons. The minimum atomic E-state index is -0.289. The zero-order chi connectivity index (χ0) is 20.5. The van der Waals surface area contributed by atoms with Gasteiger partial charge in [0.25, 0.3) is 10.9 Å². The summed E-state index contributed by atoms with van der Waals surface area (Å²) in [6.07, 6.45) is 2.11. The van der Waals surface area contributed by atoms with E-state index in [1.165, 1.54) is 6.20 Å². The van der Waals surface area contributed by atoms with Gasteiger partial charge < -0.3 is 15.8 Å². The van der Waals surface area contributed by atoms with Gasteiger partial charge in [-0.3, -0.25) is 9.59 Å². The molecule has 3 aromatic rings. The number of hydrogen-bond donors (Lipinski definition) is 2. The summed E-state index contributed by atoms with van der Waals surface area (Å²) in [6, 6.07) is 21.8. The molecule has 0 aliphatic heterocycles. The standard InChI is InChI=1S/C22H21N3O3S/c26-20(16-29-21-12-6-7-15-25(21)28)24-19-11-5-4-10-18(19)22(27)23-14-13-17-8-2-1-3-9-17/h1-12,15H,13-14,16H2,(H,23,27)(H,24,26). The van der Waals surface area contributed by atoms with Gasteiger partial charge in [0.05, 0.1) is 17.0 Å². The summed E-state index contributed by atoms with van der Waals surface area (Å²) in [7, 11) is 0. The van der Waals surface area contributed by atoms with Crippen LogP contribution in [0.1, 0.15) is 15.9 Å². The van der Waals surface area contributed by atoms with E-state index in [1.807, 2.05) is 30.3 Å². The number of pyridine rings is 1. The van der Waals surface area contributed by atoms with E-state index in [2.05, 4.69) is 10.6 Å². The van der Waals surface area contributed by atoms with Crippen molar-refractivity contribution in [3.63, 3.8) is 0 Å². The highest BCUT2D eigenvalue weighted by atomic mass is 32.2. The number of nitrogens with zero attached hydrogens (tertiary/aromatic N) is 1. The van der Waals surface area contributed by atoms with Gasteiger partial charge in [-0.2, -0.15) is 4.73 Å². The SMILES string of the molecule is O=C(CSc1cccc[n+]1[O-])Nc1ccccc1C(=O)NCCc1ccccc1. The van der Waals surface area contributed by atoms with E-state index in [-0.39, 0.29) is 17.6 Å². The molecular formula is C22H21N3O3S. The largest absolute Gasteiger partial charge is 0.618 e. The number of nitrogens with one attached hydrogen (secondary N) is 2. The molecule has 29 heavy (non-hydrogen) atoms. The third kappa shape index (κ3) is 6.08. The Labute approximate surface area is 173 Å². The molecule has 6 nitrogen and oxygen atoms in total. The van der Waals surface area contributed by atoms with Crippen molar-refractivity contribution < 1.29 is 14.3 Å². The summed E-state index contributed by atoms with van der Waals surface area (Å²) in [5.41, 5.74) is 1.99. The van der Waals surface area contributed by atoms with E-state index < -0.39 is 0 Å². The lowest BCUT2D eigenvalue weighted by Crippen LogP contribution is -2.29. The smallest absolute Gasteiger partial charge is 0.253 e. The molecular weight excluding hydrogens is 386 g/mol. The Hall–Kier alpha value is -3.32. The van der Waals surface area contributed by atoms with E-state index in [9.17, 15) is 14.8 Å². The highest BCUT2D eigenvalue weighted by Crippen LogP contribution is 2.17. The summed E-state index contributed by atoms with van der Waals surface area (Å²) in [6.45, 7) is 0.498. The van der Waals surface area contributed by atoms with E-state index in [0.29, 0.717) is 27.6 Å². The molecule has 1 heterocycles. The number of amides is 2. The predicted octanol–water partition coefficient (Wildman–Crippen LogP) is 3.02. The topological polar surface area (TPSA) is 85.1 Å². The van der Waals surface area contributed by atoms with E-state index in [0.717, 1.165) is 23.7 Å². The molecule has 2 aromatic carbocycles. The number of thioether (sulfide) groups is 1. The van der Waals surface area contributed by atoms with Crippen molar-refractivity contribution in [3.05, 3.63) is 95.3 Å². The first-order valence-corrected chi connectivity index (χ1v) is 10.1. The van der Waals surface area contributed by atoms with Crippen LogP contribution in [0.2, 0.25) is 0 Å². The third-order valence-electron chi connectivity index (χ3n) is 4.13. The van der Waals surface area contributed by atoms with Crippen LogP contribution in [0.3, 0.4) is 0 Å². The van der Waals surface area contributed by atoms with E-state index >= 15 is 0 Å². The minimum Gasteiger partial charge on any atom is -0.618 e. The molecule has 0 fully saturated rings. The molecule has 0 aliphatic carbocycles. The second-order valence-corrected chi connectivity index (χ2v) is 7.23. The molecule has 0 unspecified atom stereocenters. The number of aromatic nitrogens is 1. The van der Waals surface area contributed by atoms with Crippen LogP contribution < -0.4 is 15.4 Å². The molecule has 0 spiro atoms. The van der Waals surface area contributed by atoms with Gasteiger partial charge in [0.15, 0.2) is 6.20 Å². The van der Waals surface area contributed by atoms with E-state index in [4.69, 9.17) is 0 Å². The van der Waals surface area contributed by atoms with Crippen molar-refractivity contribution in [2.45, 2.75) is 11.4 Å². The Balaban J connectivity index is 1.55. The van der Waals surface area contributed by atoms with Crippen LogP contribution in [0, 0.1) is 5.21 Å². The van der Waals surface area contributed by atoms with Gasteiger partial charge in [0.1, 0.15) is 0 Å². The van der Waals surface area contributed by atoms with Crippen LogP contribution in [-0.4, -0.2) is 24.1 Å². The molecule has 2 N–H and O–H groups in total. The fourth-order valence-corrected chi connectivity index (χ4v) is 3.41. The van der Waals surface area contributed by atoms with Crippen LogP contribution >= 0.6 is 11.8 Å². The molecule has 0 saturated heterocycles. The number of anilines is 1. The molecule has 0 aliphatic rings. The zero-order valence-electron chi connectivity index (χ0n) is 15.7. The normalized spacial score (nSPS) is 10.3. The average molecular weight is 407 g/mol. The maximum absolute atomic E-state index is 12.5. The first-order chi connectivity index (χ1) is 14.1. The Morgan fingerprint density at radius 2 is 1.66 bits per heavy atom. The molecule has 3 rings (SSSR count). The molecule has 7 heteroatoms. The number of carbonyl (C=O) groups is 2. The van der Waals surface area contributed by atoms with Crippen molar-refractivity contribution in [2.24, 2.45) is 0 Å². The summed E-state index contributed by atoms with van der Waals surface area (Å²) < 4.78 is 0.714. The lowest BCUT2D eigenvalue weighted by molar-refractivity contribution is -0.645. The van der Waals surface area contributed by atoms with Crippen LogP contribution in [0.4, 0.5) is 5.69 Å². The first-order valence-electron chi connectivity index (χ1n) is 9.15. The predicted molar refractivity (Wildman–Crippen MR) is 114 cm³/mol. The Bertz CT molecular complexity index is 980.